The van der Waals surface area contributed by atoms with Gasteiger partial charge < -0.3 is 14.8 Å². The topological polar surface area (TPSA) is 56.9 Å². The highest BCUT2D eigenvalue weighted by molar-refractivity contribution is 5.46. The van der Waals surface area contributed by atoms with Crippen molar-refractivity contribution in [3.8, 4) is 6.07 Å². The molecule has 2 heterocycles. The summed E-state index contributed by atoms with van der Waals surface area (Å²) in [6, 6.07) is 32.1. The van der Waals surface area contributed by atoms with Crippen molar-refractivity contribution >= 4 is 5.69 Å². The van der Waals surface area contributed by atoms with Gasteiger partial charge in [-0.2, -0.15) is 5.26 Å². The van der Waals surface area contributed by atoms with E-state index in [4.69, 9.17) is 5.26 Å². The number of hydrogen-bond acceptors (Lipinski definition) is 4. The predicted molar refractivity (Wildman–Crippen MR) is 140 cm³/mol. The lowest BCUT2D eigenvalue weighted by atomic mass is 9.98. The van der Waals surface area contributed by atoms with E-state index in [1.165, 1.54) is 16.9 Å². The zero-order valence-corrected chi connectivity index (χ0v) is 19.9. The maximum absolute atomic E-state index is 9.10. The average molecular weight is 462 g/mol. The smallest absolute Gasteiger partial charge is 0.0991 e. The maximum Gasteiger partial charge on any atom is 0.0991 e. The summed E-state index contributed by atoms with van der Waals surface area (Å²) < 4.78 is 2.24. The maximum atomic E-state index is 9.10. The fourth-order valence-electron chi connectivity index (χ4n) is 4.96. The number of nitrogens with one attached hydrogen (secondary N) is 1. The first-order valence-corrected chi connectivity index (χ1v) is 12.4. The Balaban J connectivity index is 1.32. The SMILES string of the molecule is N#Cc1ccc(Cn2cncc2C(Cc2ccccc2)NC2CCN(c3ccccc3)CC2)cc1. The van der Waals surface area contributed by atoms with Crippen LogP contribution < -0.4 is 10.2 Å². The van der Waals surface area contributed by atoms with Crippen LogP contribution in [-0.4, -0.2) is 28.7 Å². The largest absolute Gasteiger partial charge is 0.371 e. The molecule has 1 aliphatic heterocycles. The van der Waals surface area contributed by atoms with E-state index in [1.807, 2.05) is 36.8 Å². The Hall–Kier alpha value is -3.88. The first kappa shape index (κ1) is 22.9. The van der Waals surface area contributed by atoms with Gasteiger partial charge in [0.2, 0.25) is 0 Å². The Labute approximate surface area is 207 Å². The normalized spacial score (nSPS) is 15.0. The number of rotatable bonds is 8. The third kappa shape index (κ3) is 5.79. The highest BCUT2D eigenvalue weighted by Crippen LogP contribution is 2.25. The fraction of sp³-hybridized carbons (Fsp3) is 0.267. The molecule has 0 bridgehead atoms. The molecule has 0 radical (unpaired) electrons. The van der Waals surface area contributed by atoms with E-state index in [9.17, 15) is 0 Å². The zero-order valence-electron chi connectivity index (χ0n) is 19.9. The minimum atomic E-state index is 0.173. The highest BCUT2D eigenvalue weighted by Gasteiger charge is 2.25. The van der Waals surface area contributed by atoms with E-state index >= 15 is 0 Å². The molecule has 1 N–H and O–H groups in total. The number of piperidine rings is 1. The van der Waals surface area contributed by atoms with Gasteiger partial charge in [0.05, 0.1) is 29.7 Å². The first-order valence-electron chi connectivity index (χ1n) is 12.4. The zero-order chi connectivity index (χ0) is 23.9. The Bertz CT molecular complexity index is 1230. The molecule has 35 heavy (non-hydrogen) atoms. The number of aromatic nitrogens is 2. The first-order chi connectivity index (χ1) is 17.3. The van der Waals surface area contributed by atoms with E-state index < -0.39 is 0 Å². The van der Waals surface area contributed by atoms with Crippen LogP contribution in [0, 0.1) is 11.3 Å². The molecule has 1 aliphatic rings. The van der Waals surface area contributed by atoms with E-state index in [2.05, 4.69) is 86.5 Å². The summed E-state index contributed by atoms with van der Waals surface area (Å²) in [5, 5.41) is 13.1. The van der Waals surface area contributed by atoms with Gasteiger partial charge in [-0.15, -0.1) is 0 Å². The van der Waals surface area contributed by atoms with Crippen molar-refractivity contribution in [3.05, 3.63) is 120 Å². The number of imidazole rings is 1. The number of benzene rings is 3. The summed E-state index contributed by atoms with van der Waals surface area (Å²) in [6.07, 6.45) is 7.07. The molecule has 4 aromatic rings. The van der Waals surface area contributed by atoms with Crippen LogP contribution >= 0.6 is 0 Å². The molecule has 1 aromatic heterocycles. The van der Waals surface area contributed by atoms with Crippen LogP contribution in [0.2, 0.25) is 0 Å². The van der Waals surface area contributed by atoms with E-state index in [-0.39, 0.29) is 6.04 Å². The number of hydrogen-bond donors (Lipinski definition) is 1. The molecule has 0 aliphatic carbocycles. The summed E-state index contributed by atoms with van der Waals surface area (Å²) >= 11 is 0. The second kappa shape index (κ2) is 11.0. The minimum absolute atomic E-state index is 0.173. The second-order valence-electron chi connectivity index (χ2n) is 9.26. The molecular formula is C30H31N5. The van der Waals surface area contributed by atoms with Gasteiger partial charge in [-0.05, 0) is 54.7 Å². The van der Waals surface area contributed by atoms with E-state index in [0.717, 1.165) is 44.5 Å². The van der Waals surface area contributed by atoms with Crippen LogP contribution in [0.1, 0.15) is 41.3 Å². The van der Waals surface area contributed by atoms with Crippen LogP contribution in [0.4, 0.5) is 5.69 Å². The van der Waals surface area contributed by atoms with Crippen molar-refractivity contribution in [2.75, 3.05) is 18.0 Å². The minimum Gasteiger partial charge on any atom is -0.371 e. The Morgan fingerprint density at radius 3 is 2.26 bits per heavy atom. The number of anilines is 1. The van der Waals surface area contributed by atoms with Crippen molar-refractivity contribution in [1.82, 2.24) is 14.9 Å². The molecule has 5 rings (SSSR count). The van der Waals surface area contributed by atoms with Crippen LogP contribution in [0.25, 0.3) is 0 Å². The van der Waals surface area contributed by atoms with Gasteiger partial charge in [0.1, 0.15) is 0 Å². The third-order valence-corrected chi connectivity index (χ3v) is 6.87. The summed E-state index contributed by atoms with van der Waals surface area (Å²) in [4.78, 5) is 7.01. The number of para-hydroxylation sites is 1. The number of nitriles is 1. The van der Waals surface area contributed by atoms with E-state index in [0.29, 0.717) is 11.6 Å². The van der Waals surface area contributed by atoms with Crippen LogP contribution in [0.3, 0.4) is 0 Å². The monoisotopic (exact) mass is 461 g/mol. The summed E-state index contributed by atoms with van der Waals surface area (Å²) in [7, 11) is 0. The molecule has 1 saturated heterocycles. The van der Waals surface area contributed by atoms with Crippen LogP contribution in [0.5, 0.6) is 0 Å². The van der Waals surface area contributed by atoms with Gasteiger partial charge in [-0.25, -0.2) is 4.98 Å². The molecule has 5 heteroatoms. The molecule has 1 atom stereocenters. The van der Waals surface area contributed by atoms with Crippen molar-refractivity contribution in [2.45, 2.75) is 37.9 Å². The fourth-order valence-corrected chi connectivity index (χ4v) is 4.96. The quantitative estimate of drug-likeness (QED) is 0.385. The second-order valence-corrected chi connectivity index (χ2v) is 9.26. The Kier molecular flexibility index (Phi) is 7.21. The van der Waals surface area contributed by atoms with Gasteiger partial charge >= 0.3 is 0 Å². The Morgan fingerprint density at radius 1 is 0.886 bits per heavy atom. The molecule has 1 fully saturated rings. The molecule has 0 spiro atoms. The molecule has 1 unspecified atom stereocenters. The highest BCUT2D eigenvalue weighted by atomic mass is 15.2. The Morgan fingerprint density at radius 2 is 1.57 bits per heavy atom. The predicted octanol–water partition coefficient (Wildman–Crippen LogP) is 5.35. The lowest BCUT2D eigenvalue weighted by Gasteiger charge is -2.36. The summed E-state index contributed by atoms with van der Waals surface area (Å²) in [6.45, 7) is 2.86. The van der Waals surface area contributed by atoms with Crippen LogP contribution in [-0.2, 0) is 13.0 Å². The molecular weight excluding hydrogens is 430 g/mol. The van der Waals surface area contributed by atoms with Crippen molar-refractivity contribution < 1.29 is 0 Å². The molecule has 3 aromatic carbocycles. The molecule has 176 valence electrons. The van der Waals surface area contributed by atoms with Crippen molar-refractivity contribution in [1.29, 1.82) is 5.26 Å². The lowest BCUT2D eigenvalue weighted by molar-refractivity contribution is 0.359. The molecule has 5 nitrogen and oxygen atoms in total. The molecule has 0 saturated carbocycles. The summed E-state index contributed by atoms with van der Waals surface area (Å²) in [5.74, 6) is 0. The standard InChI is InChI=1S/C30H31N5/c31-20-25-11-13-26(14-12-25)22-35-23-32-21-30(35)29(19-24-7-3-1-4-8-24)33-27-15-17-34(18-16-27)28-9-5-2-6-10-28/h1-14,21,23,27,29,33H,15-19,22H2. The van der Waals surface area contributed by atoms with Gasteiger partial charge in [-0.1, -0.05) is 60.7 Å². The lowest BCUT2D eigenvalue weighted by Crippen LogP contribution is -2.44. The van der Waals surface area contributed by atoms with E-state index in [1.54, 1.807) is 0 Å². The average Bonchev–Trinajstić information content (AvgIpc) is 3.38. The number of nitrogens with zero attached hydrogens (tertiary/aromatic N) is 4. The summed E-state index contributed by atoms with van der Waals surface area (Å²) in [5.41, 5.74) is 5.68. The van der Waals surface area contributed by atoms with Crippen LogP contribution in [0.15, 0.2) is 97.5 Å². The van der Waals surface area contributed by atoms with Gasteiger partial charge in [-0.3, -0.25) is 0 Å². The van der Waals surface area contributed by atoms with Crippen molar-refractivity contribution in [2.24, 2.45) is 0 Å². The van der Waals surface area contributed by atoms with Crippen molar-refractivity contribution in [3.63, 3.8) is 0 Å². The van der Waals surface area contributed by atoms with Gasteiger partial charge in [0, 0.05) is 37.6 Å². The molecule has 0 amide bonds. The van der Waals surface area contributed by atoms with Gasteiger partial charge in [0.25, 0.3) is 0 Å². The van der Waals surface area contributed by atoms with Gasteiger partial charge in [0.15, 0.2) is 0 Å². The third-order valence-electron chi connectivity index (χ3n) is 6.87.